The van der Waals surface area contributed by atoms with Crippen molar-refractivity contribution in [1.29, 1.82) is 0 Å². The summed E-state index contributed by atoms with van der Waals surface area (Å²) >= 11 is 3.18. The molecule has 0 aliphatic rings. The SMILES string of the molecule is Cc1csc(SCc2c(C(=O)Nc3ccc(NC(=O)CC(C)C)cc3)oc3ccccc23)n1. The van der Waals surface area contributed by atoms with Crippen LogP contribution in [0.4, 0.5) is 11.4 Å². The van der Waals surface area contributed by atoms with E-state index in [1.54, 1.807) is 47.4 Å². The van der Waals surface area contributed by atoms with Crippen molar-refractivity contribution >= 4 is 57.3 Å². The molecule has 4 aromatic rings. The van der Waals surface area contributed by atoms with E-state index in [1.807, 2.05) is 50.4 Å². The Morgan fingerprint density at radius 3 is 2.42 bits per heavy atom. The number of carbonyl (C=O) groups is 2. The van der Waals surface area contributed by atoms with Crippen LogP contribution >= 0.6 is 23.1 Å². The van der Waals surface area contributed by atoms with Gasteiger partial charge < -0.3 is 15.1 Å². The number of aryl methyl sites for hydroxylation is 1. The summed E-state index contributed by atoms with van der Waals surface area (Å²) in [5.41, 5.74) is 3.83. The predicted molar refractivity (Wildman–Crippen MR) is 135 cm³/mol. The molecular formula is C25H25N3O3S2. The van der Waals surface area contributed by atoms with Crippen LogP contribution in [0.2, 0.25) is 0 Å². The van der Waals surface area contributed by atoms with Crippen LogP contribution in [0.5, 0.6) is 0 Å². The molecule has 0 saturated carbocycles. The van der Waals surface area contributed by atoms with E-state index >= 15 is 0 Å². The number of hydrogen-bond donors (Lipinski definition) is 2. The third-order valence-corrected chi connectivity index (χ3v) is 7.03. The molecule has 0 aliphatic heterocycles. The zero-order valence-corrected chi connectivity index (χ0v) is 20.3. The lowest BCUT2D eigenvalue weighted by molar-refractivity contribution is -0.116. The molecule has 8 heteroatoms. The first kappa shape index (κ1) is 23.1. The molecule has 0 bridgehead atoms. The molecule has 2 N–H and O–H groups in total. The number of thiazole rings is 1. The topological polar surface area (TPSA) is 84.2 Å². The van der Waals surface area contributed by atoms with Gasteiger partial charge in [0.2, 0.25) is 5.91 Å². The van der Waals surface area contributed by atoms with Gasteiger partial charge in [-0.3, -0.25) is 9.59 Å². The van der Waals surface area contributed by atoms with E-state index in [0.29, 0.717) is 40.8 Å². The number of para-hydroxylation sites is 1. The summed E-state index contributed by atoms with van der Waals surface area (Å²) in [6, 6.07) is 14.7. The number of carbonyl (C=O) groups excluding carboxylic acids is 2. The Kier molecular flexibility index (Phi) is 7.15. The molecule has 2 amide bonds. The van der Waals surface area contributed by atoms with Crippen molar-refractivity contribution < 1.29 is 14.0 Å². The van der Waals surface area contributed by atoms with Crippen molar-refractivity contribution in [2.75, 3.05) is 10.6 Å². The molecule has 0 unspecified atom stereocenters. The minimum Gasteiger partial charge on any atom is -0.451 e. The Bertz CT molecular complexity index is 1280. The summed E-state index contributed by atoms with van der Waals surface area (Å²) in [5, 5.41) is 8.71. The van der Waals surface area contributed by atoms with Gasteiger partial charge in [-0.2, -0.15) is 0 Å². The number of thioether (sulfide) groups is 1. The molecule has 6 nitrogen and oxygen atoms in total. The van der Waals surface area contributed by atoms with Gasteiger partial charge in [-0.25, -0.2) is 4.98 Å². The van der Waals surface area contributed by atoms with Gasteiger partial charge >= 0.3 is 0 Å². The molecule has 33 heavy (non-hydrogen) atoms. The largest absolute Gasteiger partial charge is 0.451 e. The van der Waals surface area contributed by atoms with Crippen molar-refractivity contribution in [2.24, 2.45) is 5.92 Å². The van der Waals surface area contributed by atoms with E-state index in [0.717, 1.165) is 21.0 Å². The van der Waals surface area contributed by atoms with E-state index in [1.165, 1.54) is 0 Å². The highest BCUT2D eigenvalue weighted by atomic mass is 32.2. The van der Waals surface area contributed by atoms with E-state index in [2.05, 4.69) is 15.6 Å². The molecule has 0 radical (unpaired) electrons. The second-order valence-corrected chi connectivity index (χ2v) is 10.2. The van der Waals surface area contributed by atoms with Gasteiger partial charge in [0.05, 0.1) is 0 Å². The first-order valence-corrected chi connectivity index (χ1v) is 12.5. The molecule has 4 rings (SSSR count). The average molecular weight is 480 g/mol. The standard InChI is InChI=1S/C25H25N3O3S2/c1-15(2)12-22(29)27-17-8-10-18(11-9-17)28-24(30)23-20(14-33-25-26-16(3)13-32-25)19-6-4-5-7-21(19)31-23/h4-11,13,15H,12,14H2,1-3H3,(H,27,29)(H,28,30). The molecule has 0 aliphatic carbocycles. The van der Waals surface area contributed by atoms with E-state index in [4.69, 9.17) is 4.42 Å². The first-order valence-electron chi connectivity index (χ1n) is 10.7. The summed E-state index contributed by atoms with van der Waals surface area (Å²) in [5.74, 6) is 0.828. The van der Waals surface area contributed by atoms with Crippen molar-refractivity contribution in [1.82, 2.24) is 4.98 Å². The van der Waals surface area contributed by atoms with Crippen LogP contribution in [0, 0.1) is 12.8 Å². The predicted octanol–water partition coefficient (Wildman–Crippen LogP) is 6.73. The number of hydrogen-bond acceptors (Lipinski definition) is 6. The van der Waals surface area contributed by atoms with Crippen molar-refractivity contribution in [3.05, 3.63) is 70.9 Å². The Morgan fingerprint density at radius 1 is 1.06 bits per heavy atom. The lowest BCUT2D eigenvalue weighted by atomic mass is 10.1. The van der Waals surface area contributed by atoms with Gasteiger partial charge in [-0.1, -0.05) is 43.8 Å². The number of fused-ring (bicyclic) bond motifs is 1. The van der Waals surface area contributed by atoms with Crippen LogP contribution < -0.4 is 10.6 Å². The molecule has 2 heterocycles. The molecule has 170 valence electrons. The number of nitrogens with zero attached hydrogens (tertiary/aromatic N) is 1. The third kappa shape index (κ3) is 5.83. The van der Waals surface area contributed by atoms with Crippen molar-refractivity contribution in [3.8, 4) is 0 Å². The van der Waals surface area contributed by atoms with Crippen LogP contribution in [-0.4, -0.2) is 16.8 Å². The molecule has 0 spiro atoms. The van der Waals surface area contributed by atoms with Crippen LogP contribution in [0.25, 0.3) is 11.0 Å². The normalized spacial score (nSPS) is 11.2. The number of nitrogens with one attached hydrogen (secondary N) is 2. The van der Waals surface area contributed by atoms with E-state index < -0.39 is 0 Å². The van der Waals surface area contributed by atoms with Gasteiger partial charge in [0.15, 0.2) is 5.76 Å². The number of benzene rings is 2. The Balaban J connectivity index is 1.50. The maximum atomic E-state index is 13.1. The summed E-state index contributed by atoms with van der Waals surface area (Å²) in [6.07, 6.45) is 0.464. The number of furan rings is 1. The minimum absolute atomic E-state index is 0.0263. The minimum atomic E-state index is -0.311. The highest BCUT2D eigenvalue weighted by Crippen LogP contribution is 2.33. The van der Waals surface area contributed by atoms with Crippen LogP contribution in [0.3, 0.4) is 0 Å². The van der Waals surface area contributed by atoms with Crippen LogP contribution in [0.15, 0.2) is 62.7 Å². The Morgan fingerprint density at radius 2 is 1.76 bits per heavy atom. The van der Waals surface area contributed by atoms with E-state index in [9.17, 15) is 9.59 Å². The maximum Gasteiger partial charge on any atom is 0.291 e. The van der Waals surface area contributed by atoms with E-state index in [-0.39, 0.29) is 11.8 Å². The molecule has 0 saturated heterocycles. The molecule has 2 aromatic carbocycles. The summed E-state index contributed by atoms with van der Waals surface area (Å²) in [6.45, 7) is 5.97. The van der Waals surface area contributed by atoms with Crippen molar-refractivity contribution in [2.45, 2.75) is 37.3 Å². The lowest BCUT2D eigenvalue weighted by Crippen LogP contribution is -2.14. The lowest BCUT2D eigenvalue weighted by Gasteiger charge is -2.09. The van der Waals surface area contributed by atoms with Crippen molar-refractivity contribution in [3.63, 3.8) is 0 Å². The second-order valence-electron chi connectivity index (χ2n) is 8.13. The fraction of sp³-hybridized carbons (Fsp3) is 0.240. The summed E-state index contributed by atoms with van der Waals surface area (Å²) in [4.78, 5) is 29.6. The molecule has 0 atom stereocenters. The van der Waals surface area contributed by atoms with Gasteiger partial charge in [-0.15, -0.1) is 11.3 Å². The highest BCUT2D eigenvalue weighted by molar-refractivity contribution is 8.00. The zero-order valence-electron chi connectivity index (χ0n) is 18.7. The monoisotopic (exact) mass is 479 g/mol. The number of anilines is 2. The number of aromatic nitrogens is 1. The smallest absolute Gasteiger partial charge is 0.291 e. The molecule has 2 aromatic heterocycles. The fourth-order valence-corrected chi connectivity index (χ4v) is 5.24. The second kappa shape index (κ2) is 10.2. The molecule has 0 fully saturated rings. The maximum absolute atomic E-state index is 13.1. The Labute approximate surface area is 200 Å². The molecular weight excluding hydrogens is 454 g/mol. The Hall–Kier alpha value is -3.10. The third-order valence-electron chi connectivity index (χ3n) is 4.86. The van der Waals surface area contributed by atoms with Crippen LogP contribution in [0.1, 0.15) is 42.1 Å². The van der Waals surface area contributed by atoms with Crippen LogP contribution in [-0.2, 0) is 10.5 Å². The number of rotatable bonds is 8. The number of amides is 2. The fourth-order valence-electron chi connectivity index (χ4n) is 3.37. The van der Waals surface area contributed by atoms with Gasteiger partial charge in [0.1, 0.15) is 9.92 Å². The van der Waals surface area contributed by atoms with Gasteiger partial charge in [0.25, 0.3) is 5.91 Å². The summed E-state index contributed by atoms with van der Waals surface area (Å²) in [7, 11) is 0. The highest BCUT2D eigenvalue weighted by Gasteiger charge is 2.21. The van der Waals surface area contributed by atoms with Gasteiger partial charge in [0, 0.05) is 45.6 Å². The average Bonchev–Trinajstić information content (AvgIpc) is 3.36. The van der Waals surface area contributed by atoms with Gasteiger partial charge in [-0.05, 0) is 43.2 Å². The first-order chi connectivity index (χ1) is 15.9. The quantitative estimate of drug-likeness (QED) is 0.274. The summed E-state index contributed by atoms with van der Waals surface area (Å²) < 4.78 is 6.90. The zero-order chi connectivity index (χ0) is 23.4.